The van der Waals surface area contributed by atoms with E-state index in [1.807, 2.05) is 48.5 Å². The summed E-state index contributed by atoms with van der Waals surface area (Å²) in [6, 6.07) is 24.2. The number of ether oxygens (including phenoxy) is 1. The van der Waals surface area contributed by atoms with Gasteiger partial charge in [-0.25, -0.2) is 0 Å². The summed E-state index contributed by atoms with van der Waals surface area (Å²) in [6.07, 6.45) is 0.494. The average molecular weight is 389 g/mol. The van der Waals surface area contributed by atoms with Gasteiger partial charge in [-0.2, -0.15) is 0 Å². The molecule has 0 aliphatic carbocycles. The first-order valence-electron chi connectivity index (χ1n) is 10.1. The normalized spacial score (nSPS) is 15.0. The summed E-state index contributed by atoms with van der Waals surface area (Å²) in [5, 5.41) is 19.6. The van der Waals surface area contributed by atoms with Crippen LogP contribution in [0.1, 0.15) is 16.7 Å². The molecule has 0 bridgehead atoms. The Morgan fingerprint density at radius 2 is 1.69 bits per heavy atom. The van der Waals surface area contributed by atoms with Gasteiger partial charge in [-0.1, -0.05) is 60.7 Å². The molecular weight excluding hydrogens is 362 g/mol. The highest BCUT2D eigenvalue weighted by Crippen LogP contribution is 2.24. The zero-order chi connectivity index (χ0) is 20.1. The SMILES string of the molecule is OCc1ccc(-c2cccc(OCC(O)CN3CCc4ccccc4C3)c2)cc1. The highest BCUT2D eigenvalue weighted by Gasteiger charge is 2.18. The first kappa shape index (κ1) is 19.6. The molecule has 1 unspecified atom stereocenters. The van der Waals surface area contributed by atoms with E-state index in [0.717, 1.165) is 42.0 Å². The Labute approximate surface area is 172 Å². The smallest absolute Gasteiger partial charge is 0.120 e. The van der Waals surface area contributed by atoms with Gasteiger partial charge >= 0.3 is 0 Å². The van der Waals surface area contributed by atoms with Gasteiger partial charge in [-0.3, -0.25) is 4.90 Å². The van der Waals surface area contributed by atoms with E-state index in [4.69, 9.17) is 4.74 Å². The largest absolute Gasteiger partial charge is 0.491 e. The third kappa shape index (κ3) is 5.04. The van der Waals surface area contributed by atoms with E-state index in [-0.39, 0.29) is 13.2 Å². The fourth-order valence-corrected chi connectivity index (χ4v) is 3.82. The van der Waals surface area contributed by atoms with Crippen molar-refractivity contribution in [3.05, 3.63) is 89.5 Å². The summed E-state index contributed by atoms with van der Waals surface area (Å²) in [5.74, 6) is 0.747. The average Bonchev–Trinajstić information content (AvgIpc) is 2.78. The van der Waals surface area contributed by atoms with Gasteiger partial charge in [0.15, 0.2) is 0 Å². The van der Waals surface area contributed by atoms with Crippen molar-refractivity contribution in [2.24, 2.45) is 0 Å². The lowest BCUT2D eigenvalue weighted by atomic mass is 10.00. The molecule has 0 saturated heterocycles. The second-order valence-electron chi connectivity index (χ2n) is 7.60. The second-order valence-corrected chi connectivity index (χ2v) is 7.60. The Morgan fingerprint density at radius 3 is 2.48 bits per heavy atom. The monoisotopic (exact) mass is 389 g/mol. The first-order valence-corrected chi connectivity index (χ1v) is 10.1. The van der Waals surface area contributed by atoms with E-state index in [1.54, 1.807) is 0 Å². The van der Waals surface area contributed by atoms with Crippen LogP contribution < -0.4 is 4.74 Å². The zero-order valence-corrected chi connectivity index (χ0v) is 16.5. The Kier molecular flexibility index (Phi) is 6.25. The van der Waals surface area contributed by atoms with Gasteiger partial charge in [0.05, 0.1) is 6.61 Å². The van der Waals surface area contributed by atoms with E-state index < -0.39 is 6.10 Å². The number of rotatable bonds is 7. The second kappa shape index (κ2) is 9.23. The minimum absolute atomic E-state index is 0.0456. The highest BCUT2D eigenvalue weighted by molar-refractivity contribution is 5.65. The molecule has 3 aromatic carbocycles. The molecule has 0 radical (unpaired) electrons. The predicted octanol–water partition coefficient (Wildman–Crippen LogP) is 3.64. The third-order valence-electron chi connectivity index (χ3n) is 5.42. The van der Waals surface area contributed by atoms with Gasteiger partial charge in [-0.15, -0.1) is 0 Å². The van der Waals surface area contributed by atoms with E-state index >= 15 is 0 Å². The van der Waals surface area contributed by atoms with Crippen molar-refractivity contribution in [3.63, 3.8) is 0 Å². The number of aliphatic hydroxyl groups excluding tert-OH is 2. The van der Waals surface area contributed by atoms with Crippen molar-refractivity contribution in [3.8, 4) is 16.9 Å². The maximum absolute atomic E-state index is 10.5. The fourth-order valence-electron chi connectivity index (χ4n) is 3.82. The van der Waals surface area contributed by atoms with Gasteiger partial charge in [0.2, 0.25) is 0 Å². The maximum Gasteiger partial charge on any atom is 0.120 e. The van der Waals surface area contributed by atoms with Gasteiger partial charge < -0.3 is 14.9 Å². The summed E-state index contributed by atoms with van der Waals surface area (Å²) >= 11 is 0. The van der Waals surface area contributed by atoms with Crippen molar-refractivity contribution in [1.82, 2.24) is 4.90 Å². The Hall–Kier alpha value is -2.66. The Balaban J connectivity index is 1.32. The molecule has 0 saturated carbocycles. The number of β-amino-alcohol motifs (C(OH)–C–C–N with tert-alkyl or cyclic N) is 1. The summed E-state index contributed by atoms with van der Waals surface area (Å²) in [4.78, 5) is 2.29. The Morgan fingerprint density at radius 1 is 0.897 bits per heavy atom. The lowest BCUT2D eigenvalue weighted by molar-refractivity contribution is 0.0638. The lowest BCUT2D eigenvalue weighted by Gasteiger charge is -2.30. The van der Waals surface area contributed by atoms with Crippen LogP contribution in [-0.2, 0) is 19.6 Å². The fraction of sp³-hybridized carbons (Fsp3) is 0.280. The highest BCUT2D eigenvalue weighted by atomic mass is 16.5. The molecule has 1 aliphatic rings. The number of fused-ring (bicyclic) bond motifs is 1. The molecule has 4 nitrogen and oxygen atoms in total. The van der Waals surface area contributed by atoms with E-state index in [2.05, 4.69) is 29.2 Å². The molecule has 0 amide bonds. The minimum Gasteiger partial charge on any atom is -0.491 e. The van der Waals surface area contributed by atoms with Crippen LogP contribution in [0.2, 0.25) is 0 Å². The molecule has 1 heterocycles. The van der Waals surface area contributed by atoms with Crippen LogP contribution in [0.4, 0.5) is 0 Å². The zero-order valence-electron chi connectivity index (χ0n) is 16.5. The van der Waals surface area contributed by atoms with Crippen molar-refractivity contribution in [2.45, 2.75) is 25.7 Å². The van der Waals surface area contributed by atoms with Gasteiger partial charge in [-0.05, 0) is 46.4 Å². The quantitative estimate of drug-likeness (QED) is 0.648. The van der Waals surface area contributed by atoms with E-state index in [1.165, 1.54) is 11.1 Å². The predicted molar refractivity (Wildman–Crippen MR) is 115 cm³/mol. The number of hydrogen-bond acceptors (Lipinski definition) is 4. The van der Waals surface area contributed by atoms with Crippen LogP contribution in [-0.4, -0.2) is 40.9 Å². The van der Waals surface area contributed by atoms with Gasteiger partial charge in [0.25, 0.3) is 0 Å². The van der Waals surface area contributed by atoms with Crippen molar-refractivity contribution >= 4 is 0 Å². The maximum atomic E-state index is 10.5. The molecule has 0 aromatic heterocycles. The first-order chi connectivity index (χ1) is 14.2. The molecule has 2 N–H and O–H groups in total. The molecule has 1 atom stereocenters. The molecule has 4 heteroatoms. The van der Waals surface area contributed by atoms with Crippen molar-refractivity contribution in [2.75, 3.05) is 19.7 Å². The van der Waals surface area contributed by atoms with Crippen LogP contribution >= 0.6 is 0 Å². The van der Waals surface area contributed by atoms with Gasteiger partial charge in [0, 0.05) is 19.6 Å². The van der Waals surface area contributed by atoms with Crippen molar-refractivity contribution in [1.29, 1.82) is 0 Å². The number of hydrogen-bond donors (Lipinski definition) is 2. The standard InChI is InChI=1S/C25H27NO3/c27-17-19-8-10-21(11-9-19)22-6-3-7-25(14-22)29-18-24(28)16-26-13-12-20-4-1-2-5-23(20)15-26/h1-11,14,24,27-28H,12-13,15-18H2. The number of nitrogens with zero attached hydrogens (tertiary/aromatic N) is 1. The van der Waals surface area contributed by atoms with Crippen LogP contribution in [0, 0.1) is 0 Å². The minimum atomic E-state index is -0.534. The molecule has 150 valence electrons. The topological polar surface area (TPSA) is 52.9 Å². The molecule has 3 aromatic rings. The van der Waals surface area contributed by atoms with Crippen LogP contribution in [0.5, 0.6) is 5.75 Å². The molecule has 4 rings (SSSR count). The van der Waals surface area contributed by atoms with E-state index in [0.29, 0.717) is 6.54 Å². The van der Waals surface area contributed by atoms with Crippen LogP contribution in [0.15, 0.2) is 72.8 Å². The van der Waals surface area contributed by atoms with Crippen molar-refractivity contribution < 1.29 is 14.9 Å². The molecule has 0 spiro atoms. The van der Waals surface area contributed by atoms with Gasteiger partial charge in [0.1, 0.15) is 18.5 Å². The summed E-state index contributed by atoms with van der Waals surface area (Å²) in [6.45, 7) is 2.77. The number of benzene rings is 3. The van der Waals surface area contributed by atoms with E-state index in [9.17, 15) is 10.2 Å². The molecule has 0 fully saturated rings. The molecule has 29 heavy (non-hydrogen) atoms. The van der Waals surface area contributed by atoms with Crippen LogP contribution in [0.25, 0.3) is 11.1 Å². The Bertz CT molecular complexity index is 939. The summed E-state index contributed by atoms with van der Waals surface area (Å²) in [7, 11) is 0. The molecular formula is C25H27NO3. The summed E-state index contributed by atoms with van der Waals surface area (Å²) in [5.41, 5.74) is 5.78. The molecule has 1 aliphatic heterocycles. The lowest BCUT2D eigenvalue weighted by Crippen LogP contribution is -2.38. The third-order valence-corrected chi connectivity index (χ3v) is 5.42. The summed E-state index contributed by atoms with van der Waals surface area (Å²) < 4.78 is 5.87. The van der Waals surface area contributed by atoms with Crippen LogP contribution in [0.3, 0.4) is 0 Å². The number of aliphatic hydroxyl groups is 2.